The number of para-hydroxylation sites is 1. The zero-order chi connectivity index (χ0) is 24.6. The fourth-order valence-corrected chi connectivity index (χ4v) is 6.25. The highest BCUT2D eigenvalue weighted by Gasteiger charge is 2.21. The predicted octanol–water partition coefficient (Wildman–Crippen LogP) is 4.57. The van der Waals surface area contributed by atoms with E-state index in [2.05, 4.69) is 45.5 Å². The van der Waals surface area contributed by atoms with Crippen LogP contribution in [0.3, 0.4) is 0 Å². The standard InChI is InChI=1S/C26H31N5O2S2/c1-26(2,3)19-8-10-21(11-9-19)35(32,33)29-23-7-5-4-6-22(23)24-17-31-20(18-34-25(31)28-24)16-30-14-12-27-13-15-30/h4-11,17-18,27,29H,12-16H2,1-3H3. The van der Waals surface area contributed by atoms with Gasteiger partial charge in [-0.1, -0.05) is 51.1 Å². The van der Waals surface area contributed by atoms with Gasteiger partial charge >= 0.3 is 0 Å². The molecule has 5 rings (SSSR count). The maximum absolute atomic E-state index is 13.2. The topological polar surface area (TPSA) is 78.7 Å². The normalized spacial score (nSPS) is 15.5. The first-order valence-electron chi connectivity index (χ1n) is 11.8. The quantitative estimate of drug-likeness (QED) is 0.398. The number of hydrogen-bond donors (Lipinski definition) is 2. The van der Waals surface area contributed by atoms with E-state index in [1.54, 1.807) is 29.5 Å². The van der Waals surface area contributed by atoms with Crippen molar-refractivity contribution in [2.45, 2.75) is 37.6 Å². The van der Waals surface area contributed by atoms with Crippen molar-refractivity contribution in [1.82, 2.24) is 19.6 Å². The van der Waals surface area contributed by atoms with E-state index in [0.29, 0.717) is 5.69 Å². The van der Waals surface area contributed by atoms with Crippen LogP contribution in [0.2, 0.25) is 0 Å². The molecule has 2 aromatic heterocycles. The number of thiazole rings is 1. The molecule has 0 spiro atoms. The van der Waals surface area contributed by atoms with Crippen molar-refractivity contribution in [3.05, 3.63) is 71.4 Å². The summed E-state index contributed by atoms with van der Waals surface area (Å²) in [5, 5.41) is 5.55. The molecule has 7 nitrogen and oxygen atoms in total. The number of anilines is 1. The van der Waals surface area contributed by atoms with Gasteiger partial charge in [-0.15, -0.1) is 11.3 Å². The lowest BCUT2D eigenvalue weighted by Crippen LogP contribution is -2.43. The molecule has 0 amide bonds. The lowest BCUT2D eigenvalue weighted by Gasteiger charge is -2.26. The molecule has 1 fully saturated rings. The second-order valence-corrected chi connectivity index (χ2v) is 12.5. The van der Waals surface area contributed by atoms with E-state index in [1.807, 2.05) is 36.5 Å². The third-order valence-electron chi connectivity index (χ3n) is 6.36. The fourth-order valence-electron chi connectivity index (χ4n) is 4.30. The Bertz CT molecular complexity index is 1430. The van der Waals surface area contributed by atoms with E-state index in [1.165, 1.54) is 5.69 Å². The zero-order valence-electron chi connectivity index (χ0n) is 20.3. The van der Waals surface area contributed by atoms with E-state index < -0.39 is 10.0 Å². The minimum Gasteiger partial charge on any atom is -0.314 e. The molecule has 1 saturated heterocycles. The molecular formula is C26H31N5O2S2. The highest BCUT2D eigenvalue weighted by Crippen LogP contribution is 2.31. The SMILES string of the molecule is CC(C)(C)c1ccc(S(=O)(=O)Nc2ccccc2-c2cn3c(CN4CCNCC4)csc3n2)cc1. The molecule has 1 aliphatic heterocycles. The third-order valence-corrected chi connectivity index (χ3v) is 8.63. The molecule has 35 heavy (non-hydrogen) atoms. The van der Waals surface area contributed by atoms with Crippen molar-refractivity contribution in [2.75, 3.05) is 30.9 Å². The number of nitrogens with one attached hydrogen (secondary N) is 2. The molecule has 2 aromatic carbocycles. The van der Waals surface area contributed by atoms with E-state index in [9.17, 15) is 8.42 Å². The summed E-state index contributed by atoms with van der Waals surface area (Å²) < 4.78 is 31.3. The molecular weight excluding hydrogens is 478 g/mol. The van der Waals surface area contributed by atoms with Gasteiger partial charge in [0.2, 0.25) is 0 Å². The van der Waals surface area contributed by atoms with Gasteiger partial charge in [-0.25, -0.2) is 13.4 Å². The largest absolute Gasteiger partial charge is 0.314 e. The summed E-state index contributed by atoms with van der Waals surface area (Å²) in [6.45, 7) is 11.3. The maximum Gasteiger partial charge on any atom is 0.261 e. The molecule has 4 aromatic rings. The van der Waals surface area contributed by atoms with E-state index >= 15 is 0 Å². The van der Waals surface area contributed by atoms with E-state index in [0.717, 1.165) is 54.5 Å². The van der Waals surface area contributed by atoms with Crippen LogP contribution in [0.15, 0.2) is 65.0 Å². The van der Waals surface area contributed by atoms with Crippen LogP contribution in [0.25, 0.3) is 16.2 Å². The smallest absolute Gasteiger partial charge is 0.261 e. The number of imidazole rings is 1. The van der Waals surface area contributed by atoms with Crippen LogP contribution in [-0.2, 0) is 22.0 Å². The molecule has 0 radical (unpaired) electrons. The lowest BCUT2D eigenvalue weighted by molar-refractivity contribution is 0.230. The zero-order valence-corrected chi connectivity index (χ0v) is 21.9. The van der Waals surface area contributed by atoms with Crippen molar-refractivity contribution < 1.29 is 8.42 Å². The maximum atomic E-state index is 13.2. The van der Waals surface area contributed by atoms with Crippen LogP contribution in [0.5, 0.6) is 0 Å². The van der Waals surface area contributed by atoms with Crippen molar-refractivity contribution in [3.63, 3.8) is 0 Å². The predicted molar refractivity (Wildman–Crippen MR) is 143 cm³/mol. The summed E-state index contributed by atoms with van der Waals surface area (Å²) in [4.78, 5) is 8.39. The van der Waals surface area contributed by atoms with Crippen LogP contribution in [0.1, 0.15) is 32.0 Å². The number of benzene rings is 2. The van der Waals surface area contributed by atoms with E-state index in [4.69, 9.17) is 4.98 Å². The Hall–Kier alpha value is -2.72. The molecule has 0 saturated carbocycles. The van der Waals surface area contributed by atoms with Gasteiger partial charge < -0.3 is 5.32 Å². The summed E-state index contributed by atoms with van der Waals surface area (Å²) in [5.41, 5.74) is 4.27. The number of fused-ring (bicyclic) bond motifs is 1. The van der Waals surface area contributed by atoms with Crippen LogP contribution >= 0.6 is 11.3 Å². The van der Waals surface area contributed by atoms with Gasteiger partial charge in [-0.3, -0.25) is 14.0 Å². The van der Waals surface area contributed by atoms with Gasteiger partial charge in [0.15, 0.2) is 4.96 Å². The first-order valence-corrected chi connectivity index (χ1v) is 14.2. The molecule has 184 valence electrons. The van der Waals surface area contributed by atoms with Gasteiger partial charge in [-0.2, -0.15) is 0 Å². The van der Waals surface area contributed by atoms with Crippen molar-refractivity contribution in [3.8, 4) is 11.3 Å². The molecule has 1 aliphatic rings. The van der Waals surface area contributed by atoms with Crippen molar-refractivity contribution in [1.29, 1.82) is 0 Å². The summed E-state index contributed by atoms with van der Waals surface area (Å²) in [6, 6.07) is 14.5. The second-order valence-electron chi connectivity index (χ2n) is 9.96. The Labute approximate surface area is 210 Å². The number of piperazine rings is 1. The highest BCUT2D eigenvalue weighted by atomic mass is 32.2. The average Bonchev–Trinajstić information content (AvgIpc) is 3.41. The molecule has 0 bridgehead atoms. The number of sulfonamides is 1. The van der Waals surface area contributed by atoms with Crippen molar-refractivity contribution in [2.24, 2.45) is 0 Å². The molecule has 2 N–H and O–H groups in total. The second kappa shape index (κ2) is 9.39. The Morgan fingerprint density at radius 1 is 1.06 bits per heavy atom. The average molecular weight is 510 g/mol. The van der Waals surface area contributed by atoms with Crippen LogP contribution in [-0.4, -0.2) is 48.9 Å². The summed E-state index contributed by atoms with van der Waals surface area (Å²) in [7, 11) is -3.74. The molecule has 3 heterocycles. The first-order chi connectivity index (χ1) is 16.7. The van der Waals surface area contributed by atoms with Gasteiger partial charge in [0.05, 0.1) is 16.3 Å². The number of aromatic nitrogens is 2. The highest BCUT2D eigenvalue weighted by molar-refractivity contribution is 7.92. The van der Waals surface area contributed by atoms with E-state index in [-0.39, 0.29) is 10.3 Å². The van der Waals surface area contributed by atoms with Gasteiger partial charge in [-0.05, 0) is 29.2 Å². The van der Waals surface area contributed by atoms with Crippen LogP contribution < -0.4 is 10.0 Å². The van der Waals surface area contributed by atoms with Gasteiger partial charge in [0, 0.05) is 55.6 Å². The van der Waals surface area contributed by atoms with Crippen molar-refractivity contribution >= 4 is 32.0 Å². The third kappa shape index (κ3) is 5.13. The van der Waals surface area contributed by atoms with Crippen LogP contribution in [0.4, 0.5) is 5.69 Å². The molecule has 0 unspecified atom stereocenters. The molecule has 0 aliphatic carbocycles. The fraction of sp³-hybridized carbons (Fsp3) is 0.346. The van der Waals surface area contributed by atoms with Gasteiger partial charge in [0.25, 0.3) is 10.0 Å². The lowest BCUT2D eigenvalue weighted by atomic mass is 9.87. The Kier molecular flexibility index (Phi) is 6.43. The minimum absolute atomic E-state index is 0.0416. The Morgan fingerprint density at radius 3 is 2.49 bits per heavy atom. The number of rotatable bonds is 6. The summed E-state index contributed by atoms with van der Waals surface area (Å²) in [6.07, 6.45) is 2.01. The number of hydrogen-bond acceptors (Lipinski definition) is 6. The molecule has 9 heteroatoms. The van der Waals surface area contributed by atoms with Gasteiger partial charge in [0.1, 0.15) is 0 Å². The summed E-state index contributed by atoms with van der Waals surface area (Å²) in [5.74, 6) is 0. The minimum atomic E-state index is -3.74. The molecule has 0 atom stereocenters. The summed E-state index contributed by atoms with van der Waals surface area (Å²) >= 11 is 1.61. The Morgan fingerprint density at radius 2 is 1.77 bits per heavy atom. The Balaban J connectivity index is 1.42. The monoisotopic (exact) mass is 509 g/mol. The number of nitrogens with zero attached hydrogens (tertiary/aromatic N) is 3. The van der Waals surface area contributed by atoms with Crippen LogP contribution in [0, 0.1) is 0 Å². The first kappa shape index (κ1) is 24.0.